The molecular weight excluding hydrogens is 314 g/mol. The number of hydrogen-bond donors (Lipinski definition) is 2. The maximum absolute atomic E-state index is 12.2. The van der Waals surface area contributed by atoms with Crippen LogP contribution in [0.1, 0.15) is 16.9 Å². The number of nitrogens with one attached hydrogen (secondary N) is 2. The van der Waals surface area contributed by atoms with Crippen molar-refractivity contribution >= 4 is 29.1 Å². The Morgan fingerprint density at radius 3 is 2.65 bits per heavy atom. The molecule has 0 unspecified atom stereocenters. The van der Waals surface area contributed by atoms with E-state index in [1.165, 1.54) is 0 Å². The van der Waals surface area contributed by atoms with Crippen molar-refractivity contribution in [1.29, 1.82) is 0 Å². The average Bonchev–Trinajstić information content (AvgIpc) is 2.54. The molecule has 23 heavy (non-hydrogen) atoms. The maximum Gasteiger partial charge on any atom is 0.274 e. The number of halogens is 1. The zero-order valence-electron chi connectivity index (χ0n) is 13.2. The SMILES string of the molecule is CN(C)CCCNc1nccc(C(=O)Nc2ccc(Cl)cc2)n1. The average molecular weight is 334 g/mol. The Bertz CT molecular complexity index is 645. The van der Waals surface area contributed by atoms with Gasteiger partial charge in [0, 0.05) is 23.5 Å². The molecule has 0 radical (unpaired) electrons. The molecule has 0 atom stereocenters. The van der Waals surface area contributed by atoms with Gasteiger partial charge in [-0.3, -0.25) is 4.79 Å². The number of carbonyl (C=O) groups excluding carboxylic acids is 1. The molecular formula is C16H20ClN5O. The van der Waals surface area contributed by atoms with Crippen LogP contribution in [0.2, 0.25) is 5.02 Å². The molecule has 122 valence electrons. The Morgan fingerprint density at radius 1 is 1.22 bits per heavy atom. The number of aromatic nitrogens is 2. The number of anilines is 2. The van der Waals surface area contributed by atoms with Crippen LogP contribution in [0, 0.1) is 0 Å². The van der Waals surface area contributed by atoms with Gasteiger partial charge in [0.15, 0.2) is 0 Å². The summed E-state index contributed by atoms with van der Waals surface area (Å²) in [5.74, 6) is 0.165. The van der Waals surface area contributed by atoms with Gasteiger partial charge in [-0.15, -0.1) is 0 Å². The number of benzene rings is 1. The van der Waals surface area contributed by atoms with Crippen LogP contribution in [0.15, 0.2) is 36.5 Å². The summed E-state index contributed by atoms with van der Waals surface area (Å²) in [6.07, 6.45) is 2.54. The van der Waals surface area contributed by atoms with Crippen LogP contribution < -0.4 is 10.6 Å². The highest BCUT2D eigenvalue weighted by molar-refractivity contribution is 6.30. The van der Waals surface area contributed by atoms with Crippen LogP contribution in [0.3, 0.4) is 0 Å². The zero-order chi connectivity index (χ0) is 16.7. The lowest BCUT2D eigenvalue weighted by molar-refractivity contribution is 0.102. The summed E-state index contributed by atoms with van der Waals surface area (Å²) in [7, 11) is 4.05. The first kappa shape index (κ1) is 17.2. The Labute approximate surface area is 140 Å². The van der Waals surface area contributed by atoms with Gasteiger partial charge in [-0.1, -0.05) is 11.6 Å². The molecule has 7 heteroatoms. The molecule has 1 aromatic carbocycles. The molecule has 0 saturated heterocycles. The van der Waals surface area contributed by atoms with Crippen molar-refractivity contribution in [1.82, 2.24) is 14.9 Å². The minimum Gasteiger partial charge on any atom is -0.354 e. The van der Waals surface area contributed by atoms with Crippen molar-refractivity contribution in [2.75, 3.05) is 37.8 Å². The predicted molar refractivity (Wildman–Crippen MR) is 93.1 cm³/mol. The van der Waals surface area contributed by atoms with E-state index in [2.05, 4.69) is 25.5 Å². The minimum atomic E-state index is -0.286. The molecule has 0 aliphatic heterocycles. The van der Waals surface area contributed by atoms with Crippen LogP contribution >= 0.6 is 11.6 Å². The van der Waals surface area contributed by atoms with Gasteiger partial charge in [0.25, 0.3) is 5.91 Å². The van der Waals surface area contributed by atoms with Crippen LogP contribution in [0.5, 0.6) is 0 Å². The molecule has 1 amide bonds. The first-order valence-electron chi connectivity index (χ1n) is 7.33. The number of carbonyl (C=O) groups is 1. The standard InChI is InChI=1S/C16H20ClN5O/c1-22(2)11-3-9-18-16-19-10-8-14(21-16)15(23)20-13-6-4-12(17)5-7-13/h4-8,10H,3,9,11H2,1-2H3,(H,20,23)(H,18,19,21). The van der Waals surface area contributed by atoms with Crippen LogP contribution in [-0.2, 0) is 0 Å². The second kappa shape index (κ2) is 8.45. The summed E-state index contributed by atoms with van der Waals surface area (Å²) in [5, 5.41) is 6.51. The topological polar surface area (TPSA) is 70.2 Å². The minimum absolute atomic E-state index is 0.286. The summed E-state index contributed by atoms with van der Waals surface area (Å²) >= 11 is 5.82. The Balaban J connectivity index is 1.92. The third-order valence-electron chi connectivity index (χ3n) is 3.06. The Morgan fingerprint density at radius 2 is 1.96 bits per heavy atom. The van der Waals surface area contributed by atoms with Gasteiger partial charge in [-0.2, -0.15) is 0 Å². The van der Waals surface area contributed by atoms with Crippen LogP contribution in [0.25, 0.3) is 0 Å². The molecule has 0 fully saturated rings. The van der Waals surface area contributed by atoms with E-state index in [-0.39, 0.29) is 5.91 Å². The summed E-state index contributed by atoms with van der Waals surface area (Å²) in [6.45, 7) is 1.73. The predicted octanol–water partition coefficient (Wildman–Crippen LogP) is 2.75. The second-order valence-corrected chi connectivity index (χ2v) is 5.75. The molecule has 1 aromatic heterocycles. The fourth-order valence-corrected chi connectivity index (χ4v) is 2.02. The van der Waals surface area contributed by atoms with Gasteiger partial charge in [-0.25, -0.2) is 9.97 Å². The number of amides is 1. The lowest BCUT2D eigenvalue weighted by Crippen LogP contribution is -2.18. The molecule has 0 aliphatic carbocycles. The highest BCUT2D eigenvalue weighted by Crippen LogP contribution is 2.14. The smallest absolute Gasteiger partial charge is 0.274 e. The summed E-state index contributed by atoms with van der Waals surface area (Å²) < 4.78 is 0. The molecule has 2 aromatic rings. The highest BCUT2D eigenvalue weighted by atomic mass is 35.5. The van der Waals surface area contributed by atoms with Gasteiger partial charge >= 0.3 is 0 Å². The summed E-state index contributed by atoms with van der Waals surface area (Å²) in [4.78, 5) is 22.7. The van der Waals surface area contributed by atoms with Crippen LogP contribution in [0.4, 0.5) is 11.6 Å². The Kier molecular flexibility index (Phi) is 6.31. The molecule has 6 nitrogen and oxygen atoms in total. The van der Waals surface area contributed by atoms with Crippen molar-refractivity contribution in [3.8, 4) is 0 Å². The molecule has 2 N–H and O–H groups in total. The monoisotopic (exact) mass is 333 g/mol. The lowest BCUT2D eigenvalue weighted by atomic mass is 10.3. The van der Waals surface area contributed by atoms with E-state index in [0.717, 1.165) is 19.5 Å². The van der Waals surface area contributed by atoms with E-state index < -0.39 is 0 Å². The molecule has 0 spiro atoms. The van der Waals surface area contributed by atoms with Gasteiger partial charge in [0.1, 0.15) is 5.69 Å². The molecule has 1 heterocycles. The molecule has 2 rings (SSSR count). The van der Waals surface area contributed by atoms with Crippen molar-refractivity contribution in [2.45, 2.75) is 6.42 Å². The van der Waals surface area contributed by atoms with Crippen molar-refractivity contribution < 1.29 is 4.79 Å². The van der Waals surface area contributed by atoms with E-state index in [4.69, 9.17) is 11.6 Å². The molecule has 0 bridgehead atoms. The molecule has 0 saturated carbocycles. The van der Waals surface area contributed by atoms with Crippen molar-refractivity contribution in [3.05, 3.63) is 47.2 Å². The number of hydrogen-bond acceptors (Lipinski definition) is 5. The highest BCUT2D eigenvalue weighted by Gasteiger charge is 2.09. The largest absolute Gasteiger partial charge is 0.354 e. The first-order chi connectivity index (χ1) is 11.0. The maximum atomic E-state index is 12.2. The van der Waals surface area contributed by atoms with Crippen molar-refractivity contribution in [3.63, 3.8) is 0 Å². The lowest BCUT2D eigenvalue weighted by Gasteiger charge is -2.10. The first-order valence-corrected chi connectivity index (χ1v) is 7.71. The van der Waals surface area contributed by atoms with Gasteiger partial charge in [-0.05, 0) is 57.4 Å². The fraction of sp³-hybridized carbons (Fsp3) is 0.312. The third kappa shape index (κ3) is 5.84. The van der Waals surface area contributed by atoms with E-state index in [9.17, 15) is 4.79 Å². The number of rotatable bonds is 7. The van der Waals surface area contributed by atoms with E-state index in [0.29, 0.717) is 22.4 Å². The normalized spacial score (nSPS) is 10.6. The van der Waals surface area contributed by atoms with E-state index in [1.807, 2.05) is 14.1 Å². The van der Waals surface area contributed by atoms with E-state index in [1.54, 1.807) is 36.5 Å². The quantitative estimate of drug-likeness (QED) is 0.762. The van der Waals surface area contributed by atoms with Gasteiger partial charge in [0.05, 0.1) is 0 Å². The van der Waals surface area contributed by atoms with Gasteiger partial charge < -0.3 is 15.5 Å². The van der Waals surface area contributed by atoms with E-state index >= 15 is 0 Å². The molecule has 0 aliphatic rings. The fourth-order valence-electron chi connectivity index (χ4n) is 1.89. The second-order valence-electron chi connectivity index (χ2n) is 5.31. The van der Waals surface area contributed by atoms with Crippen LogP contribution in [-0.4, -0.2) is 48.0 Å². The Hall–Kier alpha value is -2.18. The zero-order valence-corrected chi connectivity index (χ0v) is 14.0. The van der Waals surface area contributed by atoms with Crippen molar-refractivity contribution in [2.24, 2.45) is 0 Å². The third-order valence-corrected chi connectivity index (χ3v) is 3.31. The summed E-state index contributed by atoms with van der Waals surface area (Å²) in [5.41, 5.74) is 0.976. The number of nitrogens with zero attached hydrogens (tertiary/aromatic N) is 3. The van der Waals surface area contributed by atoms with Gasteiger partial charge in [0.2, 0.25) is 5.95 Å². The summed E-state index contributed by atoms with van der Waals surface area (Å²) in [6, 6.07) is 8.49.